The second-order valence-corrected chi connectivity index (χ2v) is 5.10. The molecule has 2 N–H and O–H groups in total. The van der Waals surface area contributed by atoms with Gasteiger partial charge in [0.25, 0.3) is 0 Å². The Kier molecular flexibility index (Phi) is 3.26. The minimum Gasteiger partial charge on any atom is -0.508 e. The van der Waals surface area contributed by atoms with Gasteiger partial charge in [0.15, 0.2) is 0 Å². The molecule has 0 radical (unpaired) electrons. The largest absolute Gasteiger partial charge is 0.508 e. The van der Waals surface area contributed by atoms with Crippen LogP contribution >= 0.6 is 0 Å². The normalized spacial score (nSPS) is 24.3. The van der Waals surface area contributed by atoms with Crippen LogP contribution in [0.5, 0.6) is 5.75 Å². The van der Waals surface area contributed by atoms with Crippen LogP contribution in [0.2, 0.25) is 0 Å². The van der Waals surface area contributed by atoms with E-state index in [9.17, 15) is 14.3 Å². The van der Waals surface area contributed by atoms with Crippen LogP contribution in [0.3, 0.4) is 0 Å². The summed E-state index contributed by atoms with van der Waals surface area (Å²) >= 11 is 0. The summed E-state index contributed by atoms with van der Waals surface area (Å²) < 4.78 is 13.1. The van der Waals surface area contributed by atoms with Crippen molar-refractivity contribution in [1.29, 1.82) is 0 Å². The fraction of sp³-hybridized carbons (Fsp3) is 0.462. The van der Waals surface area contributed by atoms with Gasteiger partial charge < -0.3 is 10.2 Å². The number of halogens is 1. The van der Waals surface area contributed by atoms with Crippen molar-refractivity contribution in [2.24, 2.45) is 5.41 Å². The first-order valence-corrected chi connectivity index (χ1v) is 5.84. The molecule has 0 aliphatic carbocycles. The quantitative estimate of drug-likeness (QED) is 0.862. The van der Waals surface area contributed by atoms with E-state index in [2.05, 4.69) is 0 Å². The number of hydrogen-bond donors (Lipinski definition) is 2. The van der Waals surface area contributed by atoms with Crippen molar-refractivity contribution in [2.75, 3.05) is 13.1 Å². The number of phenols is 1. The van der Waals surface area contributed by atoms with E-state index >= 15 is 0 Å². The van der Waals surface area contributed by atoms with Crippen LogP contribution in [0.15, 0.2) is 18.2 Å². The molecule has 98 valence electrons. The lowest BCUT2D eigenvalue weighted by atomic mass is 9.90. The molecule has 1 aliphatic rings. The molecule has 4 nitrogen and oxygen atoms in total. The van der Waals surface area contributed by atoms with Crippen molar-refractivity contribution in [2.45, 2.75) is 19.9 Å². The summed E-state index contributed by atoms with van der Waals surface area (Å²) in [5.41, 5.74) is -0.257. The van der Waals surface area contributed by atoms with Crippen molar-refractivity contribution >= 4 is 5.97 Å². The molecule has 0 saturated carbocycles. The molecule has 18 heavy (non-hydrogen) atoms. The molecular formula is C13H16FNO3. The van der Waals surface area contributed by atoms with Gasteiger partial charge >= 0.3 is 5.97 Å². The fourth-order valence-corrected chi connectivity index (χ4v) is 2.29. The van der Waals surface area contributed by atoms with Gasteiger partial charge in [0.05, 0.1) is 5.41 Å². The molecule has 1 atom stereocenters. The predicted molar refractivity (Wildman–Crippen MR) is 63.7 cm³/mol. The van der Waals surface area contributed by atoms with Gasteiger partial charge in [0.1, 0.15) is 11.6 Å². The molecule has 1 saturated heterocycles. The number of phenolic OH excluding ortho intramolecular Hbond substituents is 1. The summed E-state index contributed by atoms with van der Waals surface area (Å²) in [5.74, 6) is -1.17. The van der Waals surface area contributed by atoms with E-state index in [0.717, 1.165) is 0 Å². The van der Waals surface area contributed by atoms with Gasteiger partial charge in [-0.15, -0.1) is 0 Å². The molecule has 1 aliphatic heterocycles. The molecule has 1 heterocycles. The van der Waals surface area contributed by atoms with Crippen LogP contribution < -0.4 is 0 Å². The predicted octanol–water partition coefficient (Wildman–Crippen LogP) is 1.83. The SMILES string of the molecule is CC1(C(=O)O)CCN(Cc2cc(F)ccc2O)C1. The van der Waals surface area contributed by atoms with Gasteiger partial charge in [0.2, 0.25) is 0 Å². The van der Waals surface area contributed by atoms with Crippen LogP contribution in [-0.2, 0) is 11.3 Å². The maximum absolute atomic E-state index is 13.1. The Labute approximate surface area is 105 Å². The van der Waals surface area contributed by atoms with Crippen LogP contribution in [0, 0.1) is 11.2 Å². The molecule has 1 aromatic carbocycles. The summed E-state index contributed by atoms with van der Waals surface area (Å²) in [4.78, 5) is 13.0. The molecule has 1 unspecified atom stereocenters. The average molecular weight is 253 g/mol. The van der Waals surface area contributed by atoms with Crippen molar-refractivity contribution in [3.63, 3.8) is 0 Å². The summed E-state index contributed by atoms with van der Waals surface area (Å²) in [6.45, 7) is 3.13. The van der Waals surface area contributed by atoms with Crippen molar-refractivity contribution in [1.82, 2.24) is 4.90 Å². The van der Waals surface area contributed by atoms with Gasteiger partial charge in [-0.25, -0.2) is 4.39 Å². The van der Waals surface area contributed by atoms with Crippen LogP contribution in [-0.4, -0.2) is 34.2 Å². The standard InChI is InChI=1S/C13H16FNO3/c1-13(12(17)18)4-5-15(8-13)7-9-6-10(14)2-3-11(9)16/h2-3,6,16H,4-5,7-8H2,1H3,(H,17,18). The van der Waals surface area contributed by atoms with Gasteiger partial charge in [-0.1, -0.05) is 0 Å². The van der Waals surface area contributed by atoms with Crippen molar-refractivity contribution in [3.8, 4) is 5.75 Å². The number of aromatic hydroxyl groups is 1. The number of likely N-dealkylation sites (tertiary alicyclic amines) is 1. The van der Waals surface area contributed by atoms with Crippen LogP contribution in [0.25, 0.3) is 0 Å². The molecule has 1 fully saturated rings. The lowest BCUT2D eigenvalue weighted by Crippen LogP contribution is -2.31. The maximum atomic E-state index is 13.1. The molecule has 0 aromatic heterocycles. The third-order valence-corrected chi connectivity index (χ3v) is 3.50. The summed E-state index contributed by atoms with van der Waals surface area (Å²) in [6, 6.07) is 3.80. The van der Waals surface area contributed by atoms with Gasteiger partial charge in [0, 0.05) is 18.7 Å². The molecule has 0 amide bonds. The number of hydrogen-bond acceptors (Lipinski definition) is 3. The number of carboxylic acids is 1. The second kappa shape index (κ2) is 4.57. The Morgan fingerprint density at radius 1 is 1.56 bits per heavy atom. The van der Waals surface area contributed by atoms with E-state index in [1.165, 1.54) is 18.2 Å². The van der Waals surface area contributed by atoms with Crippen molar-refractivity contribution in [3.05, 3.63) is 29.6 Å². The zero-order valence-electron chi connectivity index (χ0n) is 10.2. The topological polar surface area (TPSA) is 60.8 Å². The number of carbonyl (C=O) groups is 1. The van der Waals surface area contributed by atoms with Gasteiger partial charge in [-0.2, -0.15) is 0 Å². The number of carboxylic acid groups (broad SMARTS) is 1. The smallest absolute Gasteiger partial charge is 0.310 e. The zero-order valence-corrected chi connectivity index (χ0v) is 10.2. The highest BCUT2D eigenvalue weighted by Gasteiger charge is 2.40. The van der Waals surface area contributed by atoms with E-state index in [4.69, 9.17) is 5.11 Å². The third-order valence-electron chi connectivity index (χ3n) is 3.50. The summed E-state index contributed by atoms with van der Waals surface area (Å²) in [7, 11) is 0. The molecule has 1 aromatic rings. The maximum Gasteiger partial charge on any atom is 0.310 e. The summed E-state index contributed by atoms with van der Waals surface area (Å²) in [6.07, 6.45) is 0.568. The fourth-order valence-electron chi connectivity index (χ4n) is 2.29. The highest BCUT2D eigenvalue weighted by molar-refractivity contribution is 5.74. The Morgan fingerprint density at radius 2 is 2.28 bits per heavy atom. The average Bonchev–Trinajstić information content (AvgIpc) is 2.67. The first-order chi connectivity index (χ1) is 8.40. The van der Waals surface area contributed by atoms with Crippen LogP contribution in [0.4, 0.5) is 4.39 Å². The third kappa shape index (κ3) is 2.46. The Morgan fingerprint density at radius 3 is 2.89 bits per heavy atom. The minimum absolute atomic E-state index is 0.0420. The van der Waals surface area contributed by atoms with Crippen LogP contribution in [0.1, 0.15) is 18.9 Å². The molecule has 0 bridgehead atoms. The number of nitrogens with zero attached hydrogens (tertiary/aromatic N) is 1. The zero-order chi connectivity index (χ0) is 13.3. The summed E-state index contributed by atoms with van der Waals surface area (Å²) in [5, 5.41) is 18.7. The Hall–Kier alpha value is -1.62. The van der Waals surface area contributed by atoms with E-state index < -0.39 is 17.2 Å². The Bertz CT molecular complexity index is 477. The van der Waals surface area contributed by atoms with E-state index in [-0.39, 0.29) is 5.75 Å². The van der Waals surface area contributed by atoms with E-state index in [1.807, 2.05) is 4.90 Å². The molecule has 5 heteroatoms. The Balaban J connectivity index is 2.08. The monoisotopic (exact) mass is 253 g/mol. The first-order valence-electron chi connectivity index (χ1n) is 5.84. The van der Waals surface area contributed by atoms with Crippen molar-refractivity contribution < 1.29 is 19.4 Å². The lowest BCUT2D eigenvalue weighted by molar-refractivity contribution is -0.147. The highest BCUT2D eigenvalue weighted by atomic mass is 19.1. The molecule has 0 spiro atoms. The number of benzene rings is 1. The molecular weight excluding hydrogens is 237 g/mol. The lowest BCUT2D eigenvalue weighted by Gasteiger charge is -2.20. The number of rotatable bonds is 3. The van der Waals surface area contributed by atoms with Gasteiger partial charge in [-0.05, 0) is 38.1 Å². The van der Waals surface area contributed by atoms with E-state index in [1.54, 1.807) is 6.92 Å². The second-order valence-electron chi connectivity index (χ2n) is 5.10. The number of aliphatic carboxylic acids is 1. The highest BCUT2D eigenvalue weighted by Crippen LogP contribution is 2.32. The van der Waals surface area contributed by atoms with Gasteiger partial charge in [-0.3, -0.25) is 9.69 Å². The van der Waals surface area contributed by atoms with E-state index in [0.29, 0.717) is 31.6 Å². The minimum atomic E-state index is -0.812. The molecule has 2 rings (SSSR count). The first kappa shape index (κ1) is 12.8.